The third-order valence-corrected chi connectivity index (χ3v) is 2.75. The molecule has 0 fully saturated rings. The molecule has 0 aromatic heterocycles. The fourth-order valence-electron chi connectivity index (χ4n) is 1.94. The van der Waals surface area contributed by atoms with Gasteiger partial charge in [-0.1, -0.05) is 30.3 Å². The van der Waals surface area contributed by atoms with Gasteiger partial charge in [0, 0.05) is 18.5 Å². The molecular formula is C13H17N3O. The van der Waals surface area contributed by atoms with Crippen molar-refractivity contribution in [2.75, 3.05) is 6.54 Å². The Balaban J connectivity index is 2.12. The van der Waals surface area contributed by atoms with E-state index < -0.39 is 0 Å². The van der Waals surface area contributed by atoms with Gasteiger partial charge in [0.25, 0.3) is 0 Å². The SMILES string of the molecule is CC1=C(c2ccccc2)N(CCCC=O)NN1. The minimum atomic E-state index is 0.597. The zero-order valence-electron chi connectivity index (χ0n) is 9.94. The first-order valence-electron chi connectivity index (χ1n) is 5.82. The van der Waals surface area contributed by atoms with E-state index in [2.05, 4.69) is 23.1 Å². The number of allylic oxidation sites excluding steroid dienone is 1. The molecule has 0 aliphatic carbocycles. The molecule has 0 saturated carbocycles. The number of hydrazine groups is 2. The molecular weight excluding hydrogens is 214 g/mol. The second-order valence-corrected chi connectivity index (χ2v) is 4.04. The first kappa shape index (κ1) is 11.7. The Bertz CT molecular complexity index is 414. The van der Waals surface area contributed by atoms with Crippen LogP contribution in [0, 0.1) is 0 Å². The summed E-state index contributed by atoms with van der Waals surface area (Å²) in [5, 5.41) is 2.05. The van der Waals surface area contributed by atoms with E-state index in [0.29, 0.717) is 6.42 Å². The van der Waals surface area contributed by atoms with Gasteiger partial charge in [0.1, 0.15) is 6.29 Å². The molecule has 2 N–H and O–H groups in total. The minimum Gasteiger partial charge on any atom is -0.306 e. The van der Waals surface area contributed by atoms with Crippen LogP contribution in [0.1, 0.15) is 25.3 Å². The fraction of sp³-hybridized carbons (Fsp3) is 0.308. The van der Waals surface area contributed by atoms with Crippen molar-refractivity contribution in [1.82, 2.24) is 16.0 Å². The van der Waals surface area contributed by atoms with Crippen LogP contribution in [0.4, 0.5) is 0 Å². The van der Waals surface area contributed by atoms with Crippen molar-refractivity contribution in [1.29, 1.82) is 0 Å². The van der Waals surface area contributed by atoms with Crippen molar-refractivity contribution < 1.29 is 4.79 Å². The molecule has 4 nitrogen and oxygen atoms in total. The van der Waals surface area contributed by atoms with E-state index in [4.69, 9.17) is 0 Å². The molecule has 17 heavy (non-hydrogen) atoms. The Kier molecular flexibility index (Phi) is 3.77. The standard InChI is InChI=1S/C13H17N3O/c1-11-13(12-7-3-2-4-8-12)16(15-14-11)9-5-6-10-17/h2-4,7-8,10,14-15H,5-6,9H2,1H3. The molecule has 2 rings (SSSR count). The molecule has 0 amide bonds. The van der Waals surface area contributed by atoms with Crippen molar-refractivity contribution in [3.63, 3.8) is 0 Å². The molecule has 1 heterocycles. The van der Waals surface area contributed by atoms with E-state index in [1.54, 1.807) is 0 Å². The molecule has 1 aromatic carbocycles. The Hall–Kier alpha value is -1.81. The third-order valence-electron chi connectivity index (χ3n) is 2.75. The van der Waals surface area contributed by atoms with E-state index in [9.17, 15) is 4.79 Å². The Morgan fingerprint density at radius 2 is 2.06 bits per heavy atom. The highest BCUT2D eigenvalue weighted by Gasteiger charge is 2.19. The van der Waals surface area contributed by atoms with Gasteiger partial charge in [0.15, 0.2) is 0 Å². The monoisotopic (exact) mass is 231 g/mol. The number of hydrogen-bond donors (Lipinski definition) is 2. The molecule has 0 atom stereocenters. The summed E-state index contributed by atoms with van der Waals surface area (Å²) < 4.78 is 0. The molecule has 0 spiro atoms. The van der Waals surface area contributed by atoms with E-state index in [0.717, 1.165) is 30.6 Å². The lowest BCUT2D eigenvalue weighted by Crippen LogP contribution is -2.38. The summed E-state index contributed by atoms with van der Waals surface area (Å²) in [7, 11) is 0. The van der Waals surface area contributed by atoms with Crippen LogP contribution in [-0.4, -0.2) is 17.8 Å². The summed E-state index contributed by atoms with van der Waals surface area (Å²) in [4.78, 5) is 10.3. The van der Waals surface area contributed by atoms with Gasteiger partial charge in [0.2, 0.25) is 0 Å². The average molecular weight is 231 g/mol. The molecule has 0 unspecified atom stereocenters. The second-order valence-electron chi connectivity index (χ2n) is 4.04. The van der Waals surface area contributed by atoms with Crippen LogP contribution >= 0.6 is 0 Å². The van der Waals surface area contributed by atoms with Crippen LogP contribution in [0.5, 0.6) is 0 Å². The number of hydrogen-bond acceptors (Lipinski definition) is 4. The van der Waals surface area contributed by atoms with Crippen molar-refractivity contribution in [3.05, 3.63) is 41.6 Å². The van der Waals surface area contributed by atoms with Crippen molar-refractivity contribution in [3.8, 4) is 0 Å². The van der Waals surface area contributed by atoms with Gasteiger partial charge in [-0.15, -0.1) is 5.53 Å². The summed E-state index contributed by atoms with van der Waals surface area (Å²) in [5.74, 6) is 0. The molecule has 0 saturated heterocycles. The number of rotatable bonds is 5. The summed E-state index contributed by atoms with van der Waals surface area (Å²) in [6.07, 6.45) is 2.41. The minimum absolute atomic E-state index is 0.597. The molecule has 0 radical (unpaired) electrons. The van der Waals surface area contributed by atoms with E-state index in [-0.39, 0.29) is 0 Å². The average Bonchev–Trinajstić information content (AvgIpc) is 2.72. The van der Waals surface area contributed by atoms with Crippen LogP contribution in [-0.2, 0) is 4.79 Å². The Morgan fingerprint density at radius 3 is 2.76 bits per heavy atom. The van der Waals surface area contributed by atoms with Crippen LogP contribution < -0.4 is 11.0 Å². The maximum absolute atomic E-state index is 10.3. The molecule has 90 valence electrons. The number of carbonyl (C=O) groups is 1. The van der Waals surface area contributed by atoms with Gasteiger partial charge >= 0.3 is 0 Å². The van der Waals surface area contributed by atoms with Gasteiger partial charge in [-0.3, -0.25) is 5.01 Å². The zero-order valence-corrected chi connectivity index (χ0v) is 9.94. The predicted octanol–water partition coefficient (Wildman–Crippen LogP) is 1.68. The number of carbonyl (C=O) groups excluding carboxylic acids is 1. The lowest BCUT2D eigenvalue weighted by molar-refractivity contribution is -0.108. The van der Waals surface area contributed by atoms with E-state index in [1.807, 2.05) is 30.1 Å². The topological polar surface area (TPSA) is 44.4 Å². The number of nitrogens with one attached hydrogen (secondary N) is 2. The van der Waals surface area contributed by atoms with Crippen LogP contribution in [0.25, 0.3) is 5.70 Å². The quantitative estimate of drug-likeness (QED) is 0.598. The maximum atomic E-state index is 10.3. The molecule has 1 aliphatic rings. The van der Waals surface area contributed by atoms with Crippen molar-refractivity contribution in [2.24, 2.45) is 0 Å². The van der Waals surface area contributed by atoms with Crippen molar-refractivity contribution >= 4 is 12.0 Å². The van der Waals surface area contributed by atoms with Gasteiger partial charge in [-0.05, 0) is 13.3 Å². The summed E-state index contributed by atoms with van der Waals surface area (Å²) >= 11 is 0. The second kappa shape index (κ2) is 5.50. The number of nitrogens with zero attached hydrogens (tertiary/aromatic N) is 1. The smallest absolute Gasteiger partial charge is 0.120 e. The third kappa shape index (κ3) is 2.65. The first-order valence-corrected chi connectivity index (χ1v) is 5.82. The lowest BCUT2D eigenvalue weighted by atomic mass is 10.1. The van der Waals surface area contributed by atoms with Crippen LogP contribution in [0.15, 0.2) is 36.0 Å². The molecule has 4 heteroatoms. The fourth-order valence-corrected chi connectivity index (χ4v) is 1.94. The Labute approximate surface area is 101 Å². The van der Waals surface area contributed by atoms with Crippen LogP contribution in [0.2, 0.25) is 0 Å². The number of benzene rings is 1. The summed E-state index contributed by atoms with van der Waals surface area (Å²) in [6, 6.07) is 10.2. The number of unbranched alkanes of at least 4 members (excludes halogenated alkanes) is 1. The Morgan fingerprint density at radius 1 is 1.29 bits per heavy atom. The van der Waals surface area contributed by atoms with E-state index in [1.165, 1.54) is 5.56 Å². The zero-order chi connectivity index (χ0) is 12.1. The highest BCUT2D eigenvalue weighted by Crippen LogP contribution is 2.23. The summed E-state index contributed by atoms with van der Waals surface area (Å²) in [6.45, 7) is 2.85. The largest absolute Gasteiger partial charge is 0.306 e. The van der Waals surface area contributed by atoms with Gasteiger partial charge in [0.05, 0.1) is 11.4 Å². The predicted molar refractivity (Wildman–Crippen MR) is 67.3 cm³/mol. The highest BCUT2D eigenvalue weighted by molar-refractivity contribution is 5.67. The van der Waals surface area contributed by atoms with Crippen LogP contribution in [0.3, 0.4) is 0 Å². The lowest BCUT2D eigenvalue weighted by Gasteiger charge is -2.20. The number of aldehydes is 1. The first-order chi connectivity index (χ1) is 8.33. The van der Waals surface area contributed by atoms with Gasteiger partial charge < -0.3 is 10.2 Å². The van der Waals surface area contributed by atoms with Gasteiger partial charge in [-0.25, -0.2) is 0 Å². The maximum Gasteiger partial charge on any atom is 0.120 e. The van der Waals surface area contributed by atoms with Crippen molar-refractivity contribution in [2.45, 2.75) is 19.8 Å². The van der Waals surface area contributed by atoms with Gasteiger partial charge in [-0.2, -0.15) is 0 Å². The molecule has 1 aromatic rings. The molecule has 1 aliphatic heterocycles. The highest BCUT2D eigenvalue weighted by atomic mass is 16.1. The summed E-state index contributed by atoms with van der Waals surface area (Å²) in [5.41, 5.74) is 9.64. The molecule has 0 bridgehead atoms. The normalized spacial score (nSPS) is 15.0. The van der Waals surface area contributed by atoms with E-state index >= 15 is 0 Å².